The minimum Gasteiger partial charge on any atom is -0.360 e. The third kappa shape index (κ3) is 2.17. The highest BCUT2D eigenvalue weighted by molar-refractivity contribution is 9.10. The van der Waals surface area contributed by atoms with E-state index in [2.05, 4.69) is 61.0 Å². The molecular formula is C15H17BrN4. The number of para-hydroxylation sites is 1. The standard InChI is InChI=1S/C15H17BrN4/c1-17-8-7-13-14(16)19-15(20(13)2)11-9-18-12-6-4-3-5-10(11)12/h3-6,9,17-18H,7-8H2,1-2H3. The van der Waals surface area contributed by atoms with E-state index in [1.54, 1.807) is 0 Å². The first-order valence-corrected chi connectivity index (χ1v) is 7.44. The molecule has 0 saturated carbocycles. The monoisotopic (exact) mass is 332 g/mol. The summed E-state index contributed by atoms with van der Waals surface area (Å²) in [6, 6.07) is 8.30. The van der Waals surface area contributed by atoms with Crippen molar-refractivity contribution in [2.24, 2.45) is 7.05 Å². The van der Waals surface area contributed by atoms with Crippen LogP contribution in [0, 0.1) is 0 Å². The van der Waals surface area contributed by atoms with Crippen molar-refractivity contribution in [3.63, 3.8) is 0 Å². The van der Waals surface area contributed by atoms with Crippen molar-refractivity contribution in [2.75, 3.05) is 13.6 Å². The Morgan fingerprint density at radius 2 is 2.15 bits per heavy atom. The molecule has 1 aromatic carbocycles. The lowest BCUT2D eigenvalue weighted by atomic mass is 10.1. The molecule has 4 nitrogen and oxygen atoms in total. The lowest BCUT2D eigenvalue weighted by molar-refractivity contribution is 0.738. The highest BCUT2D eigenvalue weighted by Crippen LogP contribution is 2.30. The average molecular weight is 333 g/mol. The summed E-state index contributed by atoms with van der Waals surface area (Å²) in [7, 11) is 4.03. The number of hydrogen-bond acceptors (Lipinski definition) is 2. The van der Waals surface area contributed by atoms with Crippen molar-refractivity contribution in [1.29, 1.82) is 0 Å². The molecule has 104 valence electrons. The number of rotatable bonds is 4. The van der Waals surface area contributed by atoms with E-state index in [-0.39, 0.29) is 0 Å². The van der Waals surface area contributed by atoms with Gasteiger partial charge < -0.3 is 14.9 Å². The molecule has 3 rings (SSSR count). The fourth-order valence-electron chi connectivity index (χ4n) is 2.51. The zero-order valence-electron chi connectivity index (χ0n) is 11.6. The van der Waals surface area contributed by atoms with Gasteiger partial charge in [-0.15, -0.1) is 0 Å². The topological polar surface area (TPSA) is 45.6 Å². The number of halogens is 1. The van der Waals surface area contributed by atoms with E-state index in [1.165, 1.54) is 11.1 Å². The molecule has 0 aliphatic heterocycles. The van der Waals surface area contributed by atoms with Crippen LogP contribution in [0.4, 0.5) is 0 Å². The normalized spacial score (nSPS) is 11.3. The van der Waals surface area contributed by atoms with Gasteiger partial charge in [0, 0.05) is 42.7 Å². The van der Waals surface area contributed by atoms with Crippen LogP contribution >= 0.6 is 15.9 Å². The van der Waals surface area contributed by atoms with Gasteiger partial charge in [-0.25, -0.2) is 4.98 Å². The highest BCUT2D eigenvalue weighted by atomic mass is 79.9. The Labute approximate surface area is 126 Å². The summed E-state index contributed by atoms with van der Waals surface area (Å²) < 4.78 is 3.09. The number of fused-ring (bicyclic) bond motifs is 1. The van der Waals surface area contributed by atoms with E-state index < -0.39 is 0 Å². The van der Waals surface area contributed by atoms with Crippen molar-refractivity contribution in [1.82, 2.24) is 19.9 Å². The Balaban J connectivity index is 2.10. The van der Waals surface area contributed by atoms with Crippen LogP contribution in [0.3, 0.4) is 0 Å². The van der Waals surface area contributed by atoms with E-state index in [0.717, 1.165) is 34.5 Å². The number of aromatic nitrogens is 3. The molecular weight excluding hydrogens is 316 g/mol. The van der Waals surface area contributed by atoms with Crippen molar-refractivity contribution in [3.05, 3.63) is 40.8 Å². The van der Waals surface area contributed by atoms with Gasteiger partial charge >= 0.3 is 0 Å². The molecule has 20 heavy (non-hydrogen) atoms. The summed E-state index contributed by atoms with van der Waals surface area (Å²) in [6.45, 7) is 0.936. The second kappa shape index (κ2) is 5.42. The Morgan fingerprint density at radius 1 is 1.35 bits per heavy atom. The predicted molar refractivity (Wildman–Crippen MR) is 85.8 cm³/mol. The van der Waals surface area contributed by atoms with Crippen molar-refractivity contribution < 1.29 is 0 Å². The van der Waals surface area contributed by atoms with Gasteiger partial charge in [-0.3, -0.25) is 0 Å². The van der Waals surface area contributed by atoms with Crippen LogP contribution in [0.1, 0.15) is 5.69 Å². The molecule has 0 spiro atoms. The number of H-pyrrole nitrogens is 1. The lowest BCUT2D eigenvalue weighted by Gasteiger charge is -2.05. The Kier molecular flexibility index (Phi) is 3.63. The minimum absolute atomic E-state index is 0.926. The van der Waals surface area contributed by atoms with Gasteiger partial charge in [-0.05, 0) is 29.0 Å². The first kappa shape index (κ1) is 13.4. The maximum Gasteiger partial charge on any atom is 0.143 e. The molecule has 2 heterocycles. The van der Waals surface area contributed by atoms with Gasteiger partial charge in [0.15, 0.2) is 0 Å². The first-order valence-electron chi connectivity index (χ1n) is 6.64. The van der Waals surface area contributed by atoms with E-state index >= 15 is 0 Å². The summed E-state index contributed by atoms with van der Waals surface area (Å²) in [5.74, 6) is 0.987. The zero-order valence-corrected chi connectivity index (χ0v) is 13.2. The van der Waals surface area contributed by atoms with Crippen LogP contribution in [0.2, 0.25) is 0 Å². The van der Waals surface area contributed by atoms with Crippen LogP contribution in [0.5, 0.6) is 0 Å². The Hall–Kier alpha value is -1.59. The zero-order chi connectivity index (χ0) is 14.1. The van der Waals surface area contributed by atoms with Crippen LogP contribution in [0.15, 0.2) is 35.1 Å². The number of likely N-dealkylation sites (N-methyl/N-ethyl adjacent to an activating group) is 1. The van der Waals surface area contributed by atoms with Crippen LogP contribution in [-0.2, 0) is 13.5 Å². The second-order valence-electron chi connectivity index (χ2n) is 4.83. The molecule has 2 N–H and O–H groups in total. The first-order chi connectivity index (χ1) is 9.72. The number of nitrogens with zero attached hydrogens (tertiary/aromatic N) is 2. The second-order valence-corrected chi connectivity index (χ2v) is 5.58. The highest BCUT2D eigenvalue weighted by Gasteiger charge is 2.16. The quantitative estimate of drug-likeness (QED) is 0.771. The molecule has 0 radical (unpaired) electrons. The van der Waals surface area contributed by atoms with Gasteiger partial charge in [0.25, 0.3) is 0 Å². The Morgan fingerprint density at radius 3 is 2.95 bits per heavy atom. The number of hydrogen-bond donors (Lipinski definition) is 2. The summed E-state index contributed by atoms with van der Waals surface area (Å²) in [6.07, 6.45) is 2.98. The van der Waals surface area contributed by atoms with Gasteiger partial charge in [0.1, 0.15) is 10.4 Å². The predicted octanol–water partition coefficient (Wildman–Crippen LogP) is 3.09. The van der Waals surface area contributed by atoms with E-state index in [9.17, 15) is 0 Å². The average Bonchev–Trinajstić information content (AvgIpc) is 2.99. The summed E-state index contributed by atoms with van der Waals surface area (Å²) in [5.41, 5.74) is 3.48. The molecule has 0 saturated heterocycles. The van der Waals surface area contributed by atoms with Crippen molar-refractivity contribution in [3.8, 4) is 11.4 Å². The number of nitrogens with one attached hydrogen (secondary N) is 2. The van der Waals surface area contributed by atoms with E-state index in [1.807, 2.05) is 19.3 Å². The molecule has 0 aliphatic carbocycles. The molecule has 0 bridgehead atoms. The smallest absolute Gasteiger partial charge is 0.143 e. The SMILES string of the molecule is CNCCc1c(Br)nc(-c2c[nH]c3ccccc23)n1C. The molecule has 0 unspecified atom stereocenters. The maximum absolute atomic E-state index is 4.69. The summed E-state index contributed by atoms with van der Waals surface area (Å²) in [4.78, 5) is 7.99. The van der Waals surface area contributed by atoms with Gasteiger partial charge in [0.05, 0.1) is 5.69 Å². The van der Waals surface area contributed by atoms with E-state index in [4.69, 9.17) is 0 Å². The molecule has 2 aromatic heterocycles. The summed E-state index contributed by atoms with van der Waals surface area (Å²) in [5, 5.41) is 4.38. The molecule has 0 amide bonds. The fourth-order valence-corrected chi connectivity index (χ4v) is 3.14. The molecule has 0 fully saturated rings. The third-order valence-corrected chi connectivity index (χ3v) is 4.24. The molecule has 3 aromatic rings. The molecule has 0 aliphatic rings. The Bertz CT molecular complexity index is 741. The maximum atomic E-state index is 4.69. The number of benzene rings is 1. The van der Waals surface area contributed by atoms with Gasteiger partial charge in [-0.2, -0.15) is 0 Å². The van der Waals surface area contributed by atoms with Crippen molar-refractivity contribution >= 4 is 26.8 Å². The largest absolute Gasteiger partial charge is 0.360 e. The molecule has 0 atom stereocenters. The van der Waals surface area contributed by atoms with Gasteiger partial charge in [-0.1, -0.05) is 18.2 Å². The van der Waals surface area contributed by atoms with Crippen LogP contribution in [-0.4, -0.2) is 28.1 Å². The van der Waals surface area contributed by atoms with Gasteiger partial charge in [0.2, 0.25) is 0 Å². The number of imidazole rings is 1. The fraction of sp³-hybridized carbons (Fsp3) is 0.267. The number of aromatic amines is 1. The van der Waals surface area contributed by atoms with E-state index in [0.29, 0.717) is 0 Å². The van der Waals surface area contributed by atoms with Crippen molar-refractivity contribution in [2.45, 2.75) is 6.42 Å². The minimum atomic E-state index is 0.926. The third-order valence-electron chi connectivity index (χ3n) is 3.61. The summed E-state index contributed by atoms with van der Waals surface area (Å²) >= 11 is 3.58. The van der Waals surface area contributed by atoms with Crippen LogP contribution < -0.4 is 5.32 Å². The lowest BCUT2D eigenvalue weighted by Crippen LogP contribution is -2.12. The molecule has 5 heteroatoms. The van der Waals surface area contributed by atoms with Crippen LogP contribution in [0.25, 0.3) is 22.3 Å².